The number of hydrogen-bond acceptors (Lipinski definition) is 3. The molecule has 1 aromatic heterocycles. The second-order valence-corrected chi connectivity index (χ2v) is 6.92. The third-order valence-corrected chi connectivity index (χ3v) is 4.48. The molecule has 1 heterocycles. The number of unbranched alkanes of at least 4 members (excludes halogenated alkanes) is 1. The van der Waals surface area contributed by atoms with Crippen molar-refractivity contribution in [3.63, 3.8) is 0 Å². The van der Waals surface area contributed by atoms with E-state index < -0.39 is 0 Å². The first-order chi connectivity index (χ1) is 12.7. The summed E-state index contributed by atoms with van der Waals surface area (Å²) in [5.74, 6) is 1.69. The zero-order valence-corrected chi connectivity index (χ0v) is 19.0. The third-order valence-electron chi connectivity index (χ3n) is 4.48. The van der Waals surface area contributed by atoms with E-state index in [1.54, 1.807) is 6.07 Å². The topological polar surface area (TPSA) is 67.7 Å². The van der Waals surface area contributed by atoms with Gasteiger partial charge in [-0.1, -0.05) is 6.07 Å². The molecule has 0 radical (unpaired) electrons. The average Bonchev–Trinajstić information content (AvgIpc) is 3.44. The summed E-state index contributed by atoms with van der Waals surface area (Å²) in [7, 11) is 0. The van der Waals surface area contributed by atoms with Crippen molar-refractivity contribution in [3.05, 3.63) is 34.2 Å². The quantitative estimate of drug-likeness (QED) is 0.205. The highest BCUT2D eigenvalue weighted by Gasteiger charge is 2.20. The second kappa shape index (κ2) is 14.0. The van der Waals surface area contributed by atoms with Crippen LogP contribution in [0.1, 0.15) is 44.7 Å². The van der Waals surface area contributed by atoms with Gasteiger partial charge in [-0.25, -0.2) is 0 Å². The minimum Gasteiger partial charge on any atom is -0.381 e. The first kappa shape index (κ1) is 23.9. The Morgan fingerprint density at radius 1 is 1.26 bits per heavy atom. The van der Waals surface area contributed by atoms with Gasteiger partial charge in [0.05, 0.1) is 0 Å². The molecule has 0 aromatic carbocycles. The van der Waals surface area contributed by atoms with Gasteiger partial charge in [-0.3, -0.25) is 9.79 Å². The molecule has 0 amide bonds. The van der Waals surface area contributed by atoms with E-state index in [0.717, 1.165) is 76.2 Å². The minimum absolute atomic E-state index is 0. The van der Waals surface area contributed by atoms with E-state index >= 15 is 0 Å². The fourth-order valence-corrected chi connectivity index (χ4v) is 2.75. The monoisotopic (exact) mass is 490 g/mol. The number of guanidine groups is 1. The van der Waals surface area contributed by atoms with Crippen molar-refractivity contribution in [1.82, 2.24) is 15.2 Å². The molecule has 0 saturated heterocycles. The Hall–Kier alpha value is -1.09. The number of halogens is 1. The molecule has 1 saturated carbocycles. The number of ether oxygens (including phenoxy) is 1. The number of rotatable bonds is 12. The summed E-state index contributed by atoms with van der Waals surface area (Å²) in [6.45, 7) is 9.01. The molecule has 0 bridgehead atoms. The van der Waals surface area contributed by atoms with Gasteiger partial charge in [0.25, 0.3) is 5.56 Å². The summed E-state index contributed by atoms with van der Waals surface area (Å²) in [5.41, 5.74) is 1.10. The van der Waals surface area contributed by atoms with Crippen molar-refractivity contribution in [2.24, 2.45) is 10.9 Å². The molecule has 0 atom stereocenters. The number of aromatic nitrogens is 1. The molecule has 1 fully saturated rings. The minimum atomic E-state index is 0. The van der Waals surface area contributed by atoms with Crippen LogP contribution in [0.4, 0.5) is 0 Å². The molecule has 2 rings (SSSR count). The smallest absolute Gasteiger partial charge is 0.250 e. The number of hydrogen-bond donors (Lipinski definition) is 2. The molecule has 0 unspecified atom stereocenters. The van der Waals surface area contributed by atoms with Crippen molar-refractivity contribution in [2.75, 3.05) is 32.8 Å². The summed E-state index contributed by atoms with van der Waals surface area (Å²) in [6, 6.07) is 5.41. The Bertz CT molecular complexity index is 614. The second-order valence-electron chi connectivity index (χ2n) is 6.92. The molecule has 6 nitrogen and oxygen atoms in total. The standard InChI is InChI=1S/C20H34N4O2.HI/c1-3-21-20(23-13-7-15-26-16-18-10-11-18)22-12-4-5-14-24-17(2)8-6-9-19(24)25;/h6,8-9,18H,3-5,7,10-16H2,1-2H3,(H2,21,22,23);1H. The highest BCUT2D eigenvalue weighted by Crippen LogP contribution is 2.28. The maximum Gasteiger partial charge on any atom is 0.250 e. The lowest BCUT2D eigenvalue weighted by Gasteiger charge is -2.12. The first-order valence-electron chi connectivity index (χ1n) is 9.97. The van der Waals surface area contributed by atoms with Crippen molar-refractivity contribution >= 4 is 29.9 Å². The van der Waals surface area contributed by atoms with Gasteiger partial charge in [-0.2, -0.15) is 0 Å². The Balaban J connectivity index is 0.00000364. The Labute approximate surface area is 180 Å². The van der Waals surface area contributed by atoms with Gasteiger partial charge in [-0.05, 0) is 57.9 Å². The molecule has 1 aliphatic carbocycles. The molecule has 27 heavy (non-hydrogen) atoms. The van der Waals surface area contributed by atoms with E-state index in [4.69, 9.17) is 4.74 Å². The number of aryl methyl sites for hydroxylation is 1. The highest BCUT2D eigenvalue weighted by molar-refractivity contribution is 14.0. The van der Waals surface area contributed by atoms with Gasteiger partial charge in [0, 0.05) is 51.2 Å². The number of aliphatic imine (C=N–C) groups is 1. The van der Waals surface area contributed by atoms with Crippen LogP contribution in [0.15, 0.2) is 28.0 Å². The van der Waals surface area contributed by atoms with Crippen LogP contribution in [0, 0.1) is 12.8 Å². The number of pyridine rings is 1. The van der Waals surface area contributed by atoms with E-state index in [1.807, 2.05) is 23.6 Å². The first-order valence-corrected chi connectivity index (χ1v) is 9.97. The normalized spacial score (nSPS) is 13.9. The van der Waals surface area contributed by atoms with Gasteiger partial charge < -0.3 is 19.9 Å². The van der Waals surface area contributed by atoms with Gasteiger partial charge in [0.1, 0.15) is 0 Å². The lowest BCUT2D eigenvalue weighted by atomic mass is 10.3. The van der Waals surface area contributed by atoms with E-state index in [2.05, 4.69) is 22.5 Å². The van der Waals surface area contributed by atoms with E-state index in [9.17, 15) is 4.79 Å². The molecule has 0 aliphatic heterocycles. The van der Waals surface area contributed by atoms with Crippen molar-refractivity contribution in [3.8, 4) is 0 Å². The van der Waals surface area contributed by atoms with Gasteiger partial charge in [-0.15, -0.1) is 24.0 Å². The maximum absolute atomic E-state index is 11.8. The van der Waals surface area contributed by atoms with Gasteiger partial charge >= 0.3 is 0 Å². The Kier molecular flexibility index (Phi) is 12.4. The number of nitrogens with one attached hydrogen (secondary N) is 2. The van der Waals surface area contributed by atoms with Crippen molar-refractivity contribution in [1.29, 1.82) is 0 Å². The summed E-state index contributed by atoms with van der Waals surface area (Å²) >= 11 is 0. The third kappa shape index (κ3) is 10.1. The molecule has 1 aliphatic rings. The van der Waals surface area contributed by atoms with Crippen LogP contribution in [0.3, 0.4) is 0 Å². The summed E-state index contributed by atoms with van der Waals surface area (Å²) in [6.07, 6.45) is 5.59. The summed E-state index contributed by atoms with van der Waals surface area (Å²) < 4.78 is 7.47. The predicted octanol–water partition coefficient (Wildman–Crippen LogP) is 2.93. The van der Waals surface area contributed by atoms with Crippen LogP contribution < -0.4 is 16.2 Å². The highest BCUT2D eigenvalue weighted by atomic mass is 127. The lowest BCUT2D eigenvalue weighted by Crippen LogP contribution is -2.38. The lowest BCUT2D eigenvalue weighted by molar-refractivity contribution is 0.123. The zero-order chi connectivity index (χ0) is 18.6. The van der Waals surface area contributed by atoms with Crippen molar-refractivity contribution in [2.45, 2.75) is 52.5 Å². The SMILES string of the molecule is CCNC(=NCCCOCC1CC1)NCCCCn1c(C)cccc1=O.I. The molecule has 1 aromatic rings. The largest absolute Gasteiger partial charge is 0.381 e. The van der Waals surface area contributed by atoms with Crippen LogP contribution in [0.2, 0.25) is 0 Å². The van der Waals surface area contributed by atoms with Crippen LogP contribution in [0.5, 0.6) is 0 Å². The fourth-order valence-electron chi connectivity index (χ4n) is 2.75. The van der Waals surface area contributed by atoms with Gasteiger partial charge in [0.2, 0.25) is 0 Å². The molecular weight excluding hydrogens is 455 g/mol. The van der Waals surface area contributed by atoms with Crippen LogP contribution >= 0.6 is 24.0 Å². The average molecular weight is 490 g/mol. The van der Waals surface area contributed by atoms with E-state index in [-0.39, 0.29) is 29.5 Å². The van der Waals surface area contributed by atoms with Crippen LogP contribution in [0.25, 0.3) is 0 Å². The van der Waals surface area contributed by atoms with E-state index in [0.29, 0.717) is 0 Å². The summed E-state index contributed by atoms with van der Waals surface area (Å²) in [4.78, 5) is 16.4. The molecule has 2 N–H and O–H groups in total. The zero-order valence-electron chi connectivity index (χ0n) is 16.7. The predicted molar refractivity (Wildman–Crippen MR) is 122 cm³/mol. The van der Waals surface area contributed by atoms with Crippen molar-refractivity contribution < 1.29 is 4.74 Å². The fraction of sp³-hybridized carbons (Fsp3) is 0.700. The maximum atomic E-state index is 11.8. The molecular formula is C20H35IN4O2. The molecule has 7 heteroatoms. The molecule has 154 valence electrons. The van der Waals surface area contributed by atoms with Crippen LogP contribution in [-0.4, -0.2) is 43.4 Å². The number of nitrogens with zero attached hydrogens (tertiary/aromatic N) is 2. The van der Waals surface area contributed by atoms with Crippen LogP contribution in [-0.2, 0) is 11.3 Å². The Morgan fingerprint density at radius 3 is 2.78 bits per heavy atom. The van der Waals surface area contributed by atoms with Gasteiger partial charge in [0.15, 0.2) is 5.96 Å². The van der Waals surface area contributed by atoms with E-state index in [1.165, 1.54) is 12.8 Å². The summed E-state index contributed by atoms with van der Waals surface area (Å²) in [5, 5.41) is 6.64. The molecule has 0 spiro atoms. The Morgan fingerprint density at radius 2 is 2.07 bits per heavy atom.